The van der Waals surface area contributed by atoms with Gasteiger partial charge in [0.1, 0.15) is 0 Å². The molecule has 27 heavy (non-hydrogen) atoms. The number of carbonyl (C=O) groups is 2. The van der Waals surface area contributed by atoms with E-state index in [1.165, 1.54) is 15.3 Å². The molecule has 7 heteroatoms. The molecule has 5 nitrogen and oxygen atoms in total. The largest absolute Gasteiger partial charge is 0.312 e. The van der Waals surface area contributed by atoms with Crippen LogP contribution in [0.15, 0.2) is 41.4 Å². The number of aromatic nitrogens is 1. The average Bonchev–Trinajstić information content (AvgIpc) is 3.23. The van der Waals surface area contributed by atoms with Gasteiger partial charge in [0.2, 0.25) is 0 Å². The predicted molar refractivity (Wildman–Crippen MR) is 110 cm³/mol. The van der Waals surface area contributed by atoms with E-state index in [1.54, 1.807) is 6.08 Å². The normalized spacial score (nSPS) is 18.1. The number of carbonyl (C=O) groups excluding carboxylic acids is 2. The standard InChI is InChI=1S/C20H15N3O2S2/c24-19-18(27-20(25)23-19)8-11-1-2-15-14(7-11)13(3-6-22-15)17-9-12-10-21-5-4-16(12)26-17/h1-3,6-9,21H,4-5,10H2,(H,23,24,25). The molecule has 0 aliphatic carbocycles. The van der Waals surface area contributed by atoms with Gasteiger partial charge in [0.05, 0.1) is 10.4 Å². The third kappa shape index (κ3) is 3.07. The smallest absolute Gasteiger partial charge is 0.290 e. The first-order valence-electron chi connectivity index (χ1n) is 8.64. The molecule has 5 rings (SSSR count). The van der Waals surface area contributed by atoms with Crippen molar-refractivity contribution in [1.29, 1.82) is 0 Å². The summed E-state index contributed by atoms with van der Waals surface area (Å²) >= 11 is 2.78. The fourth-order valence-electron chi connectivity index (χ4n) is 3.43. The van der Waals surface area contributed by atoms with Crippen LogP contribution in [-0.2, 0) is 17.8 Å². The molecule has 1 aromatic carbocycles. The van der Waals surface area contributed by atoms with Gasteiger partial charge in [-0.3, -0.25) is 19.9 Å². The molecule has 0 bridgehead atoms. The van der Waals surface area contributed by atoms with Crippen molar-refractivity contribution in [2.75, 3.05) is 6.54 Å². The first kappa shape index (κ1) is 16.7. The molecule has 1 saturated heterocycles. The van der Waals surface area contributed by atoms with E-state index in [-0.39, 0.29) is 11.1 Å². The number of thiophene rings is 1. The van der Waals surface area contributed by atoms with Crippen LogP contribution in [0.5, 0.6) is 0 Å². The molecule has 2 N–H and O–H groups in total. The number of amides is 2. The van der Waals surface area contributed by atoms with Crippen molar-refractivity contribution < 1.29 is 9.59 Å². The van der Waals surface area contributed by atoms with Gasteiger partial charge in [0, 0.05) is 40.0 Å². The lowest BCUT2D eigenvalue weighted by atomic mass is 10.0. The van der Waals surface area contributed by atoms with Gasteiger partial charge in [-0.05, 0) is 59.7 Å². The Kier molecular flexibility index (Phi) is 4.07. The third-order valence-corrected chi connectivity index (χ3v) is 6.79. The summed E-state index contributed by atoms with van der Waals surface area (Å²) in [4.78, 5) is 30.8. The lowest BCUT2D eigenvalue weighted by Gasteiger charge is -2.10. The Morgan fingerprint density at radius 2 is 2.07 bits per heavy atom. The van der Waals surface area contributed by atoms with Gasteiger partial charge in [-0.1, -0.05) is 6.07 Å². The van der Waals surface area contributed by atoms with E-state index in [0.29, 0.717) is 4.91 Å². The zero-order valence-electron chi connectivity index (χ0n) is 14.2. The minimum absolute atomic E-state index is 0.327. The van der Waals surface area contributed by atoms with E-state index >= 15 is 0 Å². The SMILES string of the molecule is O=C1NC(=O)C(=Cc2ccc3nccc(-c4cc5c(s4)CCNC5)c3c2)S1. The van der Waals surface area contributed by atoms with Crippen LogP contribution in [0.3, 0.4) is 0 Å². The van der Waals surface area contributed by atoms with Gasteiger partial charge in [0.25, 0.3) is 11.1 Å². The highest BCUT2D eigenvalue weighted by Crippen LogP contribution is 2.37. The van der Waals surface area contributed by atoms with Crippen LogP contribution in [0, 0.1) is 0 Å². The maximum atomic E-state index is 11.8. The number of pyridine rings is 1. The Balaban J connectivity index is 1.61. The van der Waals surface area contributed by atoms with E-state index in [0.717, 1.165) is 53.3 Å². The molecule has 0 unspecified atom stereocenters. The van der Waals surface area contributed by atoms with Crippen molar-refractivity contribution in [1.82, 2.24) is 15.6 Å². The number of imide groups is 1. The van der Waals surface area contributed by atoms with Crippen LogP contribution < -0.4 is 10.6 Å². The van der Waals surface area contributed by atoms with Gasteiger partial charge in [-0.15, -0.1) is 11.3 Å². The minimum Gasteiger partial charge on any atom is -0.312 e. The highest BCUT2D eigenvalue weighted by molar-refractivity contribution is 8.18. The van der Waals surface area contributed by atoms with Crippen molar-refractivity contribution in [3.05, 3.63) is 57.4 Å². The lowest BCUT2D eigenvalue weighted by molar-refractivity contribution is -0.115. The zero-order valence-corrected chi connectivity index (χ0v) is 15.9. The summed E-state index contributed by atoms with van der Waals surface area (Å²) in [5, 5.41) is 6.43. The quantitative estimate of drug-likeness (QED) is 0.646. The van der Waals surface area contributed by atoms with Crippen molar-refractivity contribution in [3.8, 4) is 10.4 Å². The fraction of sp³-hybridized carbons (Fsp3) is 0.150. The molecular formula is C20H15N3O2S2. The molecule has 0 saturated carbocycles. The fourth-order valence-corrected chi connectivity index (χ4v) is 5.33. The topological polar surface area (TPSA) is 71.1 Å². The summed E-state index contributed by atoms with van der Waals surface area (Å²) in [5.41, 5.74) is 4.33. The van der Waals surface area contributed by atoms with Crippen LogP contribution in [0.4, 0.5) is 4.79 Å². The number of rotatable bonds is 2. The van der Waals surface area contributed by atoms with Crippen LogP contribution in [0.2, 0.25) is 0 Å². The Morgan fingerprint density at radius 3 is 2.89 bits per heavy atom. The highest BCUT2D eigenvalue weighted by atomic mass is 32.2. The molecule has 1 fully saturated rings. The van der Waals surface area contributed by atoms with E-state index in [9.17, 15) is 9.59 Å². The van der Waals surface area contributed by atoms with E-state index in [4.69, 9.17) is 0 Å². The molecule has 0 spiro atoms. The highest BCUT2D eigenvalue weighted by Gasteiger charge is 2.25. The van der Waals surface area contributed by atoms with E-state index in [1.807, 2.05) is 41.8 Å². The Labute approximate surface area is 163 Å². The molecule has 3 aromatic rings. The maximum Gasteiger partial charge on any atom is 0.290 e. The van der Waals surface area contributed by atoms with Crippen molar-refractivity contribution in [2.24, 2.45) is 0 Å². The van der Waals surface area contributed by atoms with Gasteiger partial charge >= 0.3 is 0 Å². The summed E-state index contributed by atoms with van der Waals surface area (Å²) in [6.45, 7) is 1.95. The molecule has 2 amide bonds. The summed E-state index contributed by atoms with van der Waals surface area (Å²) < 4.78 is 0. The summed E-state index contributed by atoms with van der Waals surface area (Å²) in [6.07, 6.45) is 4.66. The average molecular weight is 393 g/mol. The Morgan fingerprint density at radius 1 is 1.15 bits per heavy atom. The van der Waals surface area contributed by atoms with Gasteiger partial charge in [0.15, 0.2) is 0 Å². The molecular weight excluding hydrogens is 378 g/mol. The molecule has 2 aliphatic heterocycles. The van der Waals surface area contributed by atoms with Gasteiger partial charge in [-0.25, -0.2) is 0 Å². The maximum absolute atomic E-state index is 11.8. The predicted octanol–water partition coefficient (Wildman–Crippen LogP) is 3.93. The second-order valence-corrected chi connectivity index (χ2v) is 8.62. The first-order valence-corrected chi connectivity index (χ1v) is 10.3. The number of nitrogens with one attached hydrogen (secondary N) is 2. The number of nitrogens with zero attached hydrogens (tertiary/aromatic N) is 1. The molecule has 134 valence electrons. The second kappa shape index (κ2) is 6.60. The molecule has 0 radical (unpaired) electrons. The van der Waals surface area contributed by atoms with Crippen molar-refractivity contribution >= 4 is 51.2 Å². The van der Waals surface area contributed by atoms with Gasteiger partial charge < -0.3 is 5.32 Å². The first-order chi connectivity index (χ1) is 13.2. The lowest BCUT2D eigenvalue weighted by Crippen LogP contribution is -2.21. The van der Waals surface area contributed by atoms with Crippen LogP contribution in [-0.4, -0.2) is 22.7 Å². The van der Waals surface area contributed by atoms with Crippen molar-refractivity contribution in [3.63, 3.8) is 0 Å². The zero-order chi connectivity index (χ0) is 18.4. The van der Waals surface area contributed by atoms with E-state index in [2.05, 4.69) is 21.7 Å². The number of hydrogen-bond donors (Lipinski definition) is 2. The van der Waals surface area contributed by atoms with Gasteiger partial charge in [-0.2, -0.15) is 0 Å². The summed E-state index contributed by atoms with van der Waals surface area (Å²) in [7, 11) is 0. The third-order valence-electron chi connectivity index (χ3n) is 4.71. The second-order valence-electron chi connectivity index (χ2n) is 6.47. The van der Waals surface area contributed by atoms with Crippen LogP contribution >= 0.6 is 23.1 Å². The monoisotopic (exact) mass is 393 g/mol. The van der Waals surface area contributed by atoms with Crippen LogP contribution in [0.25, 0.3) is 27.4 Å². The van der Waals surface area contributed by atoms with Crippen molar-refractivity contribution in [2.45, 2.75) is 13.0 Å². The Bertz CT molecular complexity index is 1110. The Hall–Kier alpha value is -2.48. The van der Waals surface area contributed by atoms with E-state index < -0.39 is 0 Å². The molecule has 4 heterocycles. The number of hydrogen-bond acceptors (Lipinski definition) is 6. The molecule has 2 aliphatic rings. The molecule has 2 aromatic heterocycles. The molecule has 0 atom stereocenters. The summed E-state index contributed by atoms with van der Waals surface area (Å²) in [6, 6.07) is 10.2. The number of thioether (sulfide) groups is 1. The van der Waals surface area contributed by atoms with Crippen LogP contribution in [0.1, 0.15) is 16.0 Å². The minimum atomic E-state index is -0.338. The summed E-state index contributed by atoms with van der Waals surface area (Å²) in [5.74, 6) is -0.338. The number of benzene rings is 1. The number of fused-ring (bicyclic) bond motifs is 2.